The number of nitrogens with two attached hydrogens (primary N) is 1. The molecule has 0 bridgehead atoms. The lowest BCUT2D eigenvalue weighted by Gasteiger charge is -2.36. The van der Waals surface area contributed by atoms with E-state index in [4.69, 9.17) is 5.73 Å². The second-order valence-corrected chi connectivity index (χ2v) is 5.37. The molecule has 2 rings (SSSR count). The van der Waals surface area contributed by atoms with Crippen LogP contribution in [-0.4, -0.2) is 29.9 Å². The summed E-state index contributed by atoms with van der Waals surface area (Å²) in [5, 5.41) is 0. The van der Waals surface area contributed by atoms with Gasteiger partial charge in [-0.15, -0.1) is 0 Å². The van der Waals surface area contributed by atoms with E-state index in [-0.39, 0.29) is 23.6 Å². The van der Waals surface area contributed by atoms with E-state index in [2.05, 4.69) is 0 Å². The largest absolute Gasteiger partial charge is 0.337 e. The number of halogens is 1. The van der Waals surface area contributed by atoms with Crippen molar-refractivity contribution in [2.75, 3.05) is 7.05 Å². The first-order chi connectivity index (χ1) is 9.02. The summed E-state index contributed by atoms with van der Waals surface area (Å²) < 4.78 is 14.0. The maximum atomic E-state index is 14.0. The van der Waals surface area contributed by atoms with Gasteiger partial charge in [0.05, 0.1) is 5.56 Å². The zero-order chi connectivity index (χ0) is 14.0. The van der Waals surface area contributed by atoms with E-state index in [0.29, 0.717) is 5.56 Å². The monoisotopic (exact) mass is 264 g/mol. The average Bonchev–Trinajstić information content (AvgIpc) is 2.41. The van der Waals surface area contributed by atoms with Gasteiger partial charge in [-0.1, -0.05) is 25.0 Å². The summed E-state index contributed by atoms with van der Waals surface area (Å²) in [6.07, 6.45) is 4.01. The first kappa shape index (κ1) is 14.0. The molecular weight excluding hydrogens is 243 g/mol. The molecule has 4 heteroatoms. The lowest BCUT2D eigenvalue weighted by atomic mass is 9.89. The van der Waals surface area contributed by atoms with Gasteiger partial charge in [-0.25, -0.2) is 4.39 Å². The molecule has 1 aliphatic rings. The number of hydrogen-bond acceptors (Lipinski definition) is 2. The molecule has 1 saturated carbocycles. The molecule has 0 aliphatic heterocycles. The topological polar surface area (TPSA) is 46.3 Å². The Morgan fingerprint density at radius 3 is 2.74 bits per heavy atom. The molecule has 0 heterocycles. The van der Waals surface area contributed by atoms with Crippen LogP contribution in [0.2, 0.25) is 0 Å². The summed E-state index contributed by atoms with van der Waals surface area (Å²) in [6.45, 7) is 1.67. The maximum Gasteiger partial charge on any atom is 0.256 e. The van der Waals surface area contributed by atoms with Crippen molar-refractivity contribution in [1.82, 2.24) is 4.90 Å². The van der Waals surface area contributed by atoms with Gasteiger partial charge in [0, 0.05) is 19.1 Å². The molecule has 2 atom stereocenters. The van der Waals surface area contributed by atoms with E-state index < -0.39 is 5.82 Å². The first-order valence-corrected chi connectivity index (χ1v) is 6.80. The van der Waals surface area contributed by atoms with Crippen LogP contribution in [-0.2, 0) is 0 Å². The highest BCUT2D eigenvalue weighted by molar-refractivity contribution is 5.94. The van der Waals surface area contributed by atoms with Gasteiger partial charge in [0.25, 0.3) is 5.91 Å². The van der Waals surface area contributed by atoms with Crippen LogP contribution in [0.1, 0.15) is 41.6 Å². The van der Waals surface area contributed by atoms with Gasteiger partial charge >= 0.3 is 0 Å². The average molecular weight is 264 g/mol. The van der Waals surface area contributed by atoms with Crippen molar-refractivity contribution >= 4 is 5.91 Å². The number of benzene rings is 1. The van der Waals surface area contributed by atoms with E-state index >= 15 is 0 Å². The molecule has 0 aromatic heterocycles. The van der Waals surface area contributed by atoms with Crippen LogP contribution in [0.3, 0.4) is 0 Å². The molecule has 1 fully saturated rings. The van der Waals surface area contributed by atoms with Crippen LogP contribution >= 0.6 is 0 Å². The third-order valence-electron chi connectivity index (χ3n) is 4.02. The van der Waals surface area contributed by atoms with Crippen molar-refractivity contribution in [2.45, 2.75) is 44.7 Å². The highest BCUT2D eigenvalue weighted by Crippen LogP contribution is 2.23. The third kappa shape index (κ3) is 2.78. The van der Waals surface area contributed by atoms with Crippen molar-refractivity contribution in [3.05, 3.63) is 35.1 Å². The van der Waals surface area contributed by atoms with Gasteiger partial charge in [-0.2, -0.15) is 0 Å². The second kappa shape index (κ2) is 5.70. The fraction of sp³-hybridized carbons (Fsp3) is 0.533. The summed E-state index contributed by atoms with van der Waals surface area (Å²) in [4.78, 5) is 14.0. The van der Waals surface area contributed by atoms with Crippen LogP contribution in [0.25, 0.3) is 0 Å². The summed E-state index contributed by atoms with van der Waals surface area (Å²) in [5.41, 5.74) is 6.71. The van der Waals surface area contributed by atoms with Crippen LogP contribution < -0.4 is 5.73 Å². The highest BCUT2D eigenvalue weighted by Gasteiger charge is 2.29. The van der Waals surface area contributed by atoms with E-state index in [1.54, 1.807) is 31.0 Å². The summed E-state index contributed by atoms with van der Waals surface area (Å²) in [6, 6.07) is 4.92. The normalized spacial score (nSPS) is 23.2. The molecule has 2 N–H and O–H groups in total. The van der Waals surface area contributed by atoms with Gasteiger partial charge in [0.1, 0.15) is 5.82 Å². The SMILES string of the molecule is Cc1cccc(C(=O)N(C)C2CCCCC2N)c1F. The predicted molar refractivity (Wildman–Crippen MR) is 73.5 cm³/mol. The number of amides is 1. The van der Waals surface area contributed by atoms with Gasteiger partial charge < -0.3 is 10.6 Å². The smallest absolute Gasteiger partial charge is 0.256 e. The van der Waals surface area contributed by atoms with Crippen molar-refractivity contribution in [1.29, 1.82) is 0 Å². The Hall–Kier alpha value is -1.42. The van der Waals surface area contributed by atoms with Gasteiger partial charge in [-0.05, 0) is 31.4 Å². The van der Waals surface area contributed by atoms with E-state index in [1.807, 2.05) is 0 Å². The van der Waals surface area contributed by atoms with E-state index in [9.17, 15) is 9.18 Å². The minimum Gasteiger partial charge on any atom is -0.337 e. The van der Waals surface area contributed by atoms with Gasteiger partial charge in [0.15, 0.2) is 0 Å². The first-order valence-electron chi connectivity index (χ1n) is 6.80. The van der Waals surface area contributed by atoms with Crippen LogP contribution in [0.15, 0.2) is 18.2 Å². The van der Waals surface area contributed by atoms with Gasteiger partial charge in [0.2, 0.25) is 0 Å². The van der Waals surface area contributed by atoms with Crippen LogP contribution in [0.4, 0.5) is 4.39 Å². The Labute approximate surface area is 113 Å². The Morgan fingerprint density at radius 1 is 1.37 bits per heavy atom. The number of rotatable bonds is 2. The van der Waals surface area contributed by atoms with E-state index in [1.165, 1.54) is 6.07 Å². The Kier molecular flexibility index (Phi) is 4.20. The molecule has 1 amide bonds. The number of nitrogens with zero attached hydrogens (tertiary/aromatic N) is 1. The van der Waals surface area contributed by atoms with Crippen molar-refractivity contribution in [3.63, 3.8) is 0 Å². The standard InChI is InChI=1S/C15H21FN2O/c1-10-6-5-7-11(14(10)16)15(19)18(2)13-9-4-3-8-12(13)17/h5-7,12-13H,3-4,8-9,17H2,1-2H3. The molecule has 0 saturated heterocycles. The lowest BCUT2D eigenvalue weighted by molar-refractivity contribution is 0.0667. The number of hydrogen-bond donors (Lipinski definition) is 1. The lowest BCUT2D eigenvalue weighted by Crippen LogP contribution is -2.50. The maximum absolute atomic E-state index is 14.0. The molecule has 104 valence electrons. The zero-order valence-electron chi connectivity index (χ0n) is 11.5. The summed E-state index contributed by atoms with van der Waals surface area (Å²) >= 11 is 0. The highest BCUT2D eigenvalue weighted by atomic mass is 19.1. The molecule has 19 heavy (non-hydrogen) atoms. The molecule has 3 nitrogen and oxygen atoms in total. The third-order valence-corrected chi connectivity index (χ3v) is 4.02. The summed E-state index contributed by atoms with van der Waals surface area (Å²) in [5.74, 6) is -0.702. The predicted octanol–water partition coefficient (Wildman–Crippen LogP) is 2.48. The van der Waals surface area contributed by atoms with Crippen LogP contribution in [0.5, 0.6) is 0 Å². The van der Waals surface area contributed by atoms with Gasteiger partial charge in [-0.3, -0.25) is 4.79 Å². The number of carbonyl (C=O) groups is 1. The number of likely N-dealkylation sites (N-methyl/N-ethyl adjacent to an activating group) is 1. The van der Waals surface area contributed by atoms with Crippen molar-refractivity contribution < 1.29 is 9.18 Å². The molecule has 2 unspecified atom stereocenters. The zero-order valence-corrected chi connectivity index (χ0v) is 11.5. The molecule has 0 radical (unpaired) electrons. The van der Waals surface area contributed by atoms with Crippen LogP contribution in [0, 0.1) is 12.7 Å². The Balaban J connectivity index is 2.21. The number of carbonyl (C=O) groups excluding carboxylic acids is 1. The summed E-state index contributed by atoms with van der Waals surface area (Å²) in [7, 11) is 1.72. The molecular formula is C15H21FN2O. The van der Waals surface area contributed by atoms with Crippen molar-refractivity contribution in [2.24, 2.45) is 5.73 Å². The molecule has 1 aromatic rings. The fourth-order valence-electron chi connectivity index (χ4n) is 2.77. The minimum absolute atomic E-state index is 0.00410. The van der Waals surface area contributed by atoms with Crippen molar-refractivity contribution in [3.8, 4) is 0 Å². The Bertz CT molecular complexity index is 475. The van der Waals surface area contributed by atoms with E-state index in [0.717, 1.165) is 25.7 Å². The second-order valence-electron chi connectivity index (χ2n) is 5.37. The molecule has 1 aliphatic carbocycles. The molecule has 1 aromatic carbocycles. The fourth-order valence-corrected chi connectivity index (χ4v) is 2.77. The molecule has 0 spiro atoms. The number of aryl methyl sites for hydroxylation is 1. The Morgan fingerprint density at radius 2 is 2.05 bits per heavy atom. The minimum atomic E-state index is -0.427. The quantitative estimate of drug-likeness (QED) is 0.892.